The van der Waals surface area contributed by atoms with E-state index in [2.05, 4.69) is 29.2 Å². The predicted molar refractivity (Wildman–Crippen MR) is 74.1 cm³/mol. The maximum Gasteiger partial charge on any atom is 0.138 e. The summed E-state index contributed by atoms with van der Waals surface area (Å²) >= 11 is 0. The van der Waals surface area contributed by atoms with E-state index < -0.39 is 0 Å². The highest BCUT2D eigenvalue weighted by Gasteiger charge is 2.21. The summed E-state index contributed by atoms with van der Waals surface area (Å²) in [4.78, 5) is 4.35. The molecule has 0 spiro atoms. The molecule has 0 saturated carbocycles. The fourth-order valence-electron chi connectivity index (χ4n) is 2.56. The lowest BCUT2D eigenvalue weighted by Crippen LogP contribution is -2.22. The van der Waals surface area contributed by atoms with Crippen molar-refractivity contribution < 1.29 is 4.42 Å². The Balaban J connectivity index is 2.30. The fourth-order valence-corrected chi connectivity index (χ4v) is 2.56. The van der Waals surface area contributed by atoms with Gasteiger partial charge in [0.2, 0.25) is 0 Å². The molecular weight excluding hydrogens is 240 g/mol. The van der Waals surface area contributed by atoms with Gasteiger partial charge in [-0.25, -0.2) is 4.98 Å². The molecule has 1 N–H and O–H groups in total. The molecule has 0 aliphatic carbocycles. The van der Waals surface area contributed by atoms with Gasteiger partial charge in [0.05, 0.1) is 0 Å². The van der Waals surface area contributed by atoms with Crippen LogP contribution in [0.25, 0.3) is 0 Å². The van der Waals surface area contributed by atoms with Crippen LogP contribution in [0.1, 0.15) is 41.4 Å². The molecule has 0 saturated heterocycles. The molecule has 0 aromatic carbocycles. The van der Waals surface area contributed by atoms with Gasteiger partial charge in [0, 0.05) is 24.6 Å². The minimum atomic E-state index is 0.201. The van der Waals surface area contributed by atoms with Crippen LogP contribution in [0.3, 0.4) is 0 Å². The predicted octanol–water partition coefficient (Wildman–Crippen LogP) is 2.32. The first-order valence-electron chi connectivity index (χ1n) is 6.68. The number of nitrogens with one attached hydrogen (secondary N) is 1. The molecule has 2 aromatic heterocycles. The van der Waals surface area contributed by atoms with Crippen molar-refractivity contribution in [3.8, 4) is 0 Å². The number of furan rings is 1. The first-order valence-corrected chi connectivity index (χ1v) is 6.68. The van der Waals surface area contributed by atoms with Crippen LogP contribution in [-0.4, -0.2) is 21.8 Å². The van der Waals surface area contributed by atoms with Gasteiger partial charge in [-0.1, -0.05) is 0 Å². The normalized spacial score (nSPS) is 12.9. The summed E-state index contributed by atoms with van der Waals surface area (Å²) in [5, 5.41) is 7.58. The first-order chi connectivity index (χ1) is 9.08. The molecule has 1 atom stereocenters. The highest BCUT2D eigenvalue weighted by molar-refractivity contribution is 5.34. The van der Waals surface area contributed by atoms with Gasteiger partial charge in [0.1, 0.15) is 23.7 Å². The van der Waals surface area contributed by atoms with Crippen LogP contribution in [0.5, 0.6) is 0 Å². The molecule has 0 aliphatic rings. The molecule has 0 amide bonds. The van der Waals surface area contributed by atoms with Crippen molar-refractivity contribution in [3.63, 3.8) is 0 Å². The molecule has 2 rings (SSSR count). The van der Waals surface area contributed by atoms with Crippen molar-refractivity contribution in [2.45, 2.75) is 46.7 Å². The van der Waals surface area contributed by atoms with E-state index >= 15 is 0 Å². The van der Waals surface area contributed by atoms with Crippen molar-refractivity contribution in [3.05, 3.63) is 34.8 Å². The molecule has 2 heterocycles. The lowest BCUT2D eigenvalue weighted by atomic mass is 9.99. The highest BCUT2D eigenvalue weighted by Crippen LogP contribution is 2.28. The number of likely N-dealkylation sites (N-methyl/N-ethyl adjacent to an activating group) is 1. The second-order valence-corrected chi connectivity index (χ2v) is 4.79. The van der Waals surface area contributed by atoms with E-state index in [0.29, 0.717) is 0 Å². The summed E-state index contributed by atoms with van der Waals surface area (Å²) in [7, 11) is 1.97. The molecule has 0 radical (unpaired) electrons. The molecular formula is C14H22N4O. The Kier molecular flexibility index (Phi) is 4.04. The molecule has 19 heavy (non-hydrogen) atoms. The molecule has 1 unspecified atom stereocenters. The smallest absolute Gasteiger partial charge is 0.138 e. The third-order valence-electron chi connectivity index (χ3n) is 3.70. The zero-order valence-corrected chi connectivity index (χ0v) is 12.3. The maximum atomic E-state index is 5.72. The van der Waals surface area contributed by atoms with Gasteiger partial charge >= 0.3 is 0 Å². The Morgan fingerprint density at radius 1 is 1.32 bits per heavy atom. The van der Waals surface area contributed by atoms with Crippen molar-refractivity contribution in [1.82, 2.24) is 20.1 Å². The molecule has 0 aliphatic heterocycles. The summed E-state index contributed by atoms with van der Waals surface area (Å²) in [6.07, 6.45) is 2.43. The van der Waals surface area contributed by atoms with Crippen molar-refractivity contribution >= 4 is 0 Å². The van der Waals surface area contributed by atoms with Gasteiger partial charge in [-0.3, -0.25) is 4.68 Å². The Hall–Kier alpha value is -1.62. The Morgan fingerprint density at radius 3 is 2.58 bits per heavy atom. The second-order valence-electron chi connectivity index (χ2n) is 4.79. The molecule has 5 nitrogen and oxygen atoms in total. The summed E-state index contributed by atoms with van der Waals surface area (Å²) in [6, 6.07) is 0.201. The number of hydrogen-bond donors (Lipinski definition) is 1. The summed E-state index contributed by atoms with van der Waals surface area (Å²) in [5.41, 5.74) is 2.46. The average Bonchev–Trinajstić information content (AvgIpc) is 2.93. The van der Waals surface area contributed by atoms with Crippen molar-refractivity contribution in [2.75, 3.05) is 7.05 Å². The Labute approximate surface area is 114 Å². The topological polar surface area (TPSA) is 55.9 Å². The van der Waals surface area contributed by atoms with Crippen LogP contribution in [-0.2, 0) is 13.0 Å². The van der Waals surface area contributed by atoms with Crippen molar-refractivity contribution in [2.24, 2.45) is 0 Å². The van der Waals surface area contributed by atoms with Crippen LogP contribution < -0.4 is 5.32 Å². The van der Waals surface area contributed by atoms with Crippen molar-refractivity contribution in [1.29, 1.82) is 0 Å². The van der Waals surface area contributed by atoms with Gasteiger partial charge in [0.15, 0.2) is 0 Å². The van der Waals surface area contributed by atoms with E-state index in [1.165, 1.54) is 11.1 Å². The van der Waals surface area contributed by atoms with E-state index in [4.69, 9.17) is 4.42 Å². The zero-order chi connectivity index (χ0) is 14.0. The number of hydrogen-bond acceptors (Lipinski definition) is 4. The van der Waals surface area contributed by atoms with Gasteiger partial charge in [-0.2, -0.15) is 5.10 Å². The second kappa shape index (κ2) is 5.57. The maximum absolute atomic E-state index is 5.72. The third kappa shape index (κ3) is 2.56. The summed E-state index contributed by atoms with van der Waals surface area (Å²) < 4.78 is 7.65. The molecule has 2 aromatic rings. The van der Waals surface area contributed by atoms with E-state index in [-0.39, 0.29) is 6.04 Å². The Bertz CT molecular complexity index is 556. The third-order valence-corrected chi connectivity index (χ3v) is 3.70. The van der Waals surface area contributed by atoms with E-state index in [9.17, 15) is 0 Å². The SMILES string of the molecule is CCn1ncnc1CC(NC)c1c(C)oc(C)c1C. The van der Waals surface area contributed by atoms with Gasteiger partial charge in [-0.15, -0.1) is 0 Å². The fraction of sp³-hybridized carbons (Fsp3) is 0.571. The Morgan fingerprint density at radius 2 is 2.05 bits per heavy atom. The van der Waals surface area contributed by atoms with E-state index in [0.717, 1.165) is 30.3 Å². The van der Waals surface area contributed by atoms with E-state index in [1.807, 2.05) is 25.6 Å². The van der Waals surface area contributed by atoms with Crippen LogP contribution in [0.4, 0.5) is 0 Å². The highest BCUT2D eigenvalue weighted by atomic mass is 16.3. The standard InChI is InChI=1S/C14H22N4O/c1-6-18-13(16-8-17-18)7-12(15-5)14-9(2)10(3)19-11(14)4/h8,12,15H,6-7H2,1-5H3. The average molecular weight is 262 g/mol. The molecule has 5 heteroatoms. The van der Waals surface area contributed by atoms with Crippen LogP contribution in [0.2, 0.25) is 0 Å². The number of rotatable bonds is 5. The first kappa shape index (κ1) is 13.8. The van der Waals surface area contributed by atoms with Crippen LogP contribution in [0, 0.1) is 20.8 Å². The van der Waals surface area contributed by atoms with Gasteiger partial charge in [0.25, 0.3) is 0 Å². The quantitative estimate of drug-likeness (QED) is 0.898. The monoisotopic (exact) mass is 262 g/mol. The lowest BCUT2D eigenvalue weighted by Gasteiger charge is -2.16. The number of nitrogens with zero attached hydrogens (tertiary/aromatic N) is 3. The summed E-state index contributed by atoms with van der Waals surface area (Å²) in [6.45, 7) is 9.05. The minimum absolute atomic E-state index is 0.201. The minimum Gasteiger partial charge on any atom is -0.466 e. The van der Waals surface area contributed by atoms with Crippen LogP contribution in [0.15, 0.2) is 10.7 Å². The number of aromatic nitrogens is 3. The summed E-state index contributed by atoms with van der Waals surface area (Å²) in [5.74, 6) is 2.97. The van der Waals surface area contributed by atoms with Gasteiger partial charge < -0.3 is 9.73 Å². The zero-order valence-electron chi connectivity index (χ0n) is 12.3. The van der Waals surface area contributed by atoms with Crippen LogP contribution >= 0.6 is 0 Å². The number of aryl methyl sites for hydroxylation is 3. The van der Waals surface area contributed by atoms with Gasteiger partial charge in [-0.05, 0) is 40.3 Å². The molecule has 0 fully saturated rings. The van der Waals surface area contributed by atoms with E-state index in [1.54, 1.807) is 6.33 Å². The molecule has 104 valence electrons. The molecule has 0 bridgehead atoms. The largest absolute Gasteiger partial charge is 0.466 e. The lowest BCUT2D eigenvalue weighted by molar-refractivity contribution is 0.483.